The molecule has 27 heavy (non-hydrogen) atoms. The predicted octanol–water partition coefficient (Wildman–Crippen LogP) is 0.980. The lowest BCUT2D eigenvalue weighted by molar-refractivity contribution is -0.125. The monoisotopic (exact) mass is 397 g/mol. The summed E-state index contributed by atoms with van der Waals surface area (Å²) in [6.07, 6.45) is 1.17. The molecule has 1 aliphatic rings. The zero-order valence-corrected chi connectivity index (χ0v) is 16.9. The first-order valence-electron chi connectivity index (χ1n) is 8.90. The van der Waals surface area contributed by atoms with Crippen LogP contribution in [0.3, 0.4) is 0 Å². The zero-order valence-electron chi connectivity index (χ0n) is 16.1. The molecule has 2 amide bonds. The van der Waals surface area contributed by atoms with Gasteiger partial charge in [-0.25, -0.2) is 13.1 Å². The second-order valence-corrected chi connectivity index (χ2v) is 8.50. The van der Waals surface area contributed by atoms with Crippen LogP contribution in [0.15, 0.2) is 23.1 Å². The van der Waals surface area contributed by atoms with Gasteiger partial charge in [0.2, 0.25) is 15.9 Å². The Morgan fingerprint density at radius 1 is 1.22 bits per heavy atom. The lowest BCUT2D eigenvalue weighted by Crippen LogP contribution is -2.42. The van der Waals surface area contributed by atoms with Crippen LogP contribution in [-0.2, 0) is 14.8 Å². The first-order chi connectivity index (χ1) is 12.7. The van der Waals surface area contributed by atoms with E-state index >= 15 is 0 Å². The van der Waals surface area contributed by atoms with E-state index in [1.165, 1.54) is 19.2 Å². The van der Waals surface area contributed by atoms with E-state index < -0.39 is 10.0 Å². The molecule has 1 aromatic carbocycles. The maximum absolute atomic E-state index is 12.8. The van der Waals surface area contributed by atoms with Crippen LogP contribution in [0.25, 0.3) is 0 Å². The smallest absolute Gasteiger partial charge is 0.253 e. The minimum absolute atomic E-state index is 0.0142. The van der Waals surface area contributed by atoms with E-state index in [9.17, 15) is 18.0 Å². The topological polar surface area (TPSA) is 105 Å². The molecule has 150 valence electrons. The minimum Gasteiger partial charge on any atom is -0.495 e. The number of hydrogen-bond donors (Lipinski definition) is 2. The molecular formula is C18H27N3O5S. The molecule has 0 bridgehead atoms. The van der Waals surface area contributed by atoms with Crippen molar-refractivity contribution in [3.8, 4) is 5.75 Å². The van der Waals surface area contributed by atoms with Gasteiger partial charge in [-0.3, -0.25) is 9.59 Å². The number of ether oxygens (including phenoxy) is 1. The lowest BCUT2D eigenvalue weighted by atomic mass is 9.95. The fourth-order valence-electron chi connectivity index (χ4n) is 3.12. The number of likely N-dealkylation sites (tertiary alicyclic amines) is 1. The highest BCUT2D eigenvalue weighted by molar-refractivity contribution is 7.89. The number of nitrogens with one attached hydrogen (secondary N) is 2. The Hall–Kier alpha value is -2.13. The Morgan fingerprint density at radius 2 is 1.85 bits per heavy atom. The molecule has 0 atom stereocenters. The maximum Gasteiger partial charge on any atom is 0.253 e. The first kappa shape index (κ1) is 21.2. The van der Waals surface area contributed by atoms with Crippen LogP contribution < -0.4 is 14.8 Å². The van der Waals surface area contributed by atoms with Gasteiger partial charge < -0.3 is 15.0 Å². The predicted molar refractivity (Wildman–Crippen MR) is 101 cm³/mol. The largest absolute Gasteiger partial charge is 0.495 e. The van der Waals surface area contributed by atoms with Gasteiger partial charge in [-0.15, -0.1) is 0 Å². The van der Waals surface area contributed by atoms with Crippen LogP contribution in [-0.4, -0.2) is 58.4 Å². The lowest BCUT2D eigenvalue weighted by Gasteiger charge is -2.31. The van der Waals surface area contributed by atoms with E-state index in [2.05, 4.69) is 10.0 Å². The van der Waals surface area contributed by atoms with Gasteiger partial charge in [0.15, 0.2) is 0 Å². The SMILES string of the molecule is CNC(=O)C1CCN(C(=O)c2ccc(OC)c(S(=O)(=O)NC(C)C)c2)CC1. The summed E-state index contributed by atoms with van der Waals surface area (Å²) in [5, 5.41) is 2.63. The Balaban J connectivity index is 2.23. The van der Waals surface area contributed by atoms with Crippen molar-refractivity contribution in [1.82, 2.24) is 14.9 Å². The van der Waals surface area contributed by atoms with Gasteiger partial charge in [0, 0.05) is 37.7 Å². The number of piperidine rings is 1. The Morgan fingerprint density at radius 3 is 2.37 bits per heavy atom. The van der Waals surface area contributed by atoms with E-state index in [4.69, 9.17) is 4.74 Å². The summed E-state index contributed by atoms with van der Waals surface area (Å²) in [5.74, 6) is -0.187. The highest BCUT2D eigenvalue weighted by Gasteiger charge is 2.29. The van der Waals surface area contributed by atoms with E-state index in [1.54, 1.807) is 31.9 Å². The van der Waals surface area contributed by atoms with Crippen molar-refractivity contribution in [2.45, 2.75) is 37.6 Å². The third-order valence-corrected chi connectivity index (χ3v) is 6.17. The van der Waals surface area contributed by atoms with Gasteiger partial charge in [0.05, 0.1) is 7.11 Å². The van der Waals surface area contributed by atoms with Crippen molar-refractivity contribution in [1.29, 1.82) is 0 Å². The number of hydrogen-bond acceptors (Lipinski definition) is 5. The van der Waals surface area contributed by atoms with E-state index in [0.29, 0.717) is 25.9 Å². The fraction of sp³-hybridized carbons (Fsp3) is 0.556. The molecule has 0 spiro atoms. The molecule has 0 aliphatic carbocycles. The Labute approximate surface area is 160 Å². The average Bonchev–Trinajstić information content (AvgIpc) is 2.65. The van der Waals surface area contributed by atoms with Crippen molar-refractivity contribution in [2.24, 2.45) is 5.92 Å². The van der Waals surface area contributed by atoms with Gasteiger partial charge in [0.1, 0.15) is 10.6 Å². The summed E-state index contributed by atoms with van der Waals surface area (Å²) in [4.78, 5) is 26.1. The molecule has 2 rings (SSSR count). The van der Waals surface area contributed by atoms with Crippen molar-refractivity contribution >= 4 is 21.8 Å². The molecule has 9 heteroatoms. The van der Waals surface area contributed by atoms with E-state index in [1.807, 2.05) is 0 Å². The van der Waals surface area contributed by atoms with E-state index in [0.717, 1.165) is 0 Å². The number of amides is 2. The maximum atomic E-state index is 12.8. The number of nitrogens with zero attached hydrogens (tertiary/aromatic N) is 1. The van der Waals surface area contributed by atoms with Crippen LogP contribution >= 0.6 is 0 Å². The summed E-state index contributed by atoms with van der Waals surface area (Å²) in [6, 6.07) is 4.10. The molecule has 0 saturated carbocycles. The average molecular weight is 397 g/mol. The van der Waals surface area contributed by atoms with Crippen LogP contribution in [0.4, 0.5) is 0 Å². The first-order valence-corrected chi connectivity index (χ1v) is 10.4. The summed E-state index contributed by atoms with van der Waals surface area (Å²) in [5.41, 5.74) is 0.276. The molecule has 1 saturated heterocycles. The van der Waals surface area contributed by atoms with Gasteiger partial charge in [-0.2, -0.15) is 0 Å². The summed E-state index contributed by atoms with van der Waals surface area (Å²) < 4.78 is 32.8. The molecule has 1 aromatic rings. The number of carbonyl (C=O) groups excluding carboxylic acids is 2. The molecule has 1 heterocycles. The van der Waals surface area contributed by atoms with Gasteiger partial charge in [-0.05, 0) is 44.9 Å². The Kier molecular flexibility index (Phi) is 6.83. The van der Waals surface area contributed by atoms with Crippen molar-refractivity contribution in [2.75, 3.05) is 27.2 Å². The minimum atomic E-state index is -3.81. The third-order valence-electron chi connectivity index (χ3n) is 4.49. The van der Waals surface area contributed by atoms with Crippen LogP contribution in [0.5, 0.6) is 5.75 Å². The fourth-order valence-corrected chi connectivity index (χ4v) is 4.57. The highest BCUT2D eigenvalue weighted by atomic mass is 32.2. The molecule has 0 radical (unpaired) electrons. The van der Waals surface area contributed by atoms with Gasteiger partial charge >= 0.3 is 0 Å². The van der Waals surface area contributed by atoms with Crippen LogP contribution in [0.1, 0.15) is 37.0 Å². The summed E-state index contributed by atoms with van der Waals surface area (Å²) in [7, 11) is -0.826. The van der Waals surface area contributed by atoms with Gasteiger partial charge in [0.25, 0.3) is 5.91 Å². The van der Waals surface area contributed by atoms with Crippen LogP contribution in [0, 0.1) is 5.92 Å². The molecule has 1 fully saturated rings. The number of carbonyl (C=O) groups is 2. The van der Waals surface area contributed by atoms with Crippen LogP contribution in [0.2, 0.25) is 0 Å². The third kappa shape index (κ3) is 4.98. The van der Waals surface area contributed by atoms with Crippen molar-refractivity contribution < 1.29 is 22.7 Å². The summed E-state index contributed by atoms with van der Waals surface area (Å²) >= 11 is 0. The van der Waals surface area contributed by atoms with E-state index in [-0.39, 0.29) is 40.0 Å². The number of rotatable bonds is 6. The molecule has 2 N–H and O–H groups in total. The second kappa shape index (κ2) is 8.71. The van der Waals surface area contributed by atoms with Crippen molar-refractivity contribution in [3.05, 3.63) is 23.8 Å². The zero-order chi connectivity index (χ0) is 20.2. The summed E-state index contributed by atoms with van der Waals surface area (Å²) in [6.45, 7) is 4.34. The van der Waals surface area contributed by atoms with Gasteiger partial charge in [-0.1, -0.05) is 0 Å². The number of methoxy groups -OCH3 is 1. The number of sulfonamides is 1. The molecule has 1 aliphatic heterocycles. The quantitative estimate of drug-likeness (QED) is 0.745. The van der Waals surface area contributed by atoms with Crippen molar-refractivity contribution in [3.63, 3.8) is 0 Å². The second-order valence-electron chi connectivity index (χ2n) is 6.82. The molecule has 0 aromatic heterocycles. The molecule has 8 nitrogen and oxygen atoms in total. The Bertz CT molecular complexity index is 799. The highest BCUT2D eigenvalue weighted by Crippen LogP contribution is 2.27. The standard InChI is InChI=1S/C18H27N3O5S/c1-12(2)20-27(24,25)16-11-14(5-6-15(16)26-4)18(23)21-9-7-13(8-10-21)17(22)19-3/h5-6,11-13,20H,7-10H2,1-4H3,(H,19,22). The normalized spacial score (nSPS) is 15.7. The molecule has 0 unspecified atom stereocenters. The number of benzene rings is 1. The molecular weight excluding hydrogens is 370 g/mol.